The molecule has 0 saturated heterocycles. The summed E-state index contributed by atoms with van der Waals surface area (Å²) in [5.41, 5.74) is 2.85. The lowest BCUT2D eigenvalue weighted by molar-refractivity contribution is -0.134. The van der Waals surface area contributed by atoms with Gasteiger partial charge < -0.3 is 19.5 Å². The Balaban J connectivity index is 3.17. The molecule has 0 bridgehead atoms. The molecule has 0 aromatic heterocycles. The topological polar surface area (TPSA) is 122 Å². The summed E-state index contributed by atoms with van der Waals surface area (Å²) in [6.45, 7) is 3.11. The first-order valence-electron chi connectivity index (χ1n) is 6.91. The van der Waals surface area contributed by atoms with Crippen molar-refractivity contribution in [2.24, 2.45) is 5.10 Å². The zero-order valence-electron chi connectivity index (χ0n) is 13.8. The number of amides is 1. The largest absolute Gasteiger partial charge is 0.494 e. The summed E-state index contributed by atoms with van der Waals surface area (Å²) in [7, 11) is 2.85. The highest BCUT2D eigenvalue weighted by Gasteiger charge is 2.15. The Hall–Kier alpha value is -3.28. The molecule has 2 N–H and O–H groups in total. The lowest BCUT2D eigenvalue weighted by Crippen LogP contribution is -2.17. The third-order valence-corrected chi connectivity index (χ3v) is 2.70. The maximum Gasteiger partial charge on any atom is 0.369 e. The van der Waals surface area contributed by atoms with E-state index in [0.717, 1.165) is 0 Å². The van der Waals surface area contributed by atoms with E-state index >= 15 is 0 Å². The SMILES string of the molecule is CCOC(=O)C(C#N)=NNc1cc(OC)c(NC(C)=O)cc1OC. The van der Waals surface area contributed by atoms with Crippen LogP contribution in [0.15, 0.2) is 17.2 Å². The Labute approximate surface area is 139 Å². The van der Waals surface area contributed by atoms with E-state index < -0.39 is 11.7 Å². The predicted molar refractivity (Wildman–Crippen MR) is 87.2 cm³/mol. The summed E-state index contributed by atoms with van der Waals surface area (Å²) >= 11 is 0. The van der Waals surface area contributed by atoms with Crippen molar-refractivity contribution in [2.75, 3.05) is 31.6 Å². The Morgan fingerprint density at radius 2 is 1.79 bits per heavy atom. The van der Waals surface area contributed by atoms with E-state index in [2.05, 4.69) is 15.8 Å². The smallest absolute Gasteiger partial charge is 0.369 e. The molecule has 0 fully saturated rings. The van der Waals surface area contributed by atoms with Gasteiger partial charge in [0.2, 0.25) is 11.6 Å². The Bertz CT molecular complexity index is 694. The number of nitriles is 1. The molecule has 0 aliphatic rings. The highest BCUT2D eigenvalue weighted by atomic mass is 16.5. The molecule has 0 heterocycles. The van der Waals surface area contributed by atoms with Gasteiger partial charge in [-0.25, -0.2) is 4.79 Å². The summed E-state index contributed by atoms with van der Waals surface area (Å²) in [5.74, 6) is -0.445. The Kier molecular flexibility index (Phi) is 7.03. The number of benzene rings is 1. The van der Waals surface area contributed by atoms with Crippen molar-refractivity contribution in [1.82, 2.24) is 0 Å². The summed E-state index contributed by atoms with van der Waals surface area (Å²) in [4.78, 5) is 22.8. The maximum absolute atomic E-state index is 11.5. The molecule has 0 spiro atoms. The Morgan fingerprint density at radius 3 is 2.29 bits per heavy atom. The number of anilines is 2. The number of nitrogens with one attached hydrogen (secondary N) is 2. The number of ether oxygens (including phenoxy) is 3. The van der Waals surface area contributed by atoms with Crippen molar-refractivity contribution in [1.29, 1.82) is 5.26 Å². The zero-order valence-corrected chi connectivity index (χ0v) is 13.8. The van der Waals surface area contributed by atoms with Crippen LogP contribution in [0.1, 0.15) is 13.8 Å². The Morgan fingerprint density at radius 1 is 1.21 bits per heavy atom. The van der Waals surface area contributed by atoms with E-state index in [0.29, 0.717) is 22.9 Å². The molecule has 1 amide bonds. The van der Waals surface area contributed by atoms with Gasteiger partial charge in [0, 0.05) is 19.1 Å². The van der Waals surface area contributed by atoms with Crippen LogP contribution in [0.25, 0.3) is 0 Å². The fraction of sp³-hybridized carbons (Fsp3) is 0.333. The number of hydrazone groups is 1. The number of hydrogen-bond donors (Lipinski definition) is 2. The molecule has 9 heteroatoms. The van der Waals surface area contributed by atoms with Crippen molar-refractivity contribution >= 4 is 29.0 Å². The fourth-order valence-electron chi connectivity index (χ4n) is 1.70. The number of carbonyl (C=O) groups excluding carboxylic acids is 2. The van der Waals surface area contributed by atoms with E-state index in [9.17, 15) is 9.59 Å². The van der Waals surface area contributed by atoms with Crippen molar-refractivity contribution in [2.45, 2.75) is 13.8 Å². The van der Waals surface area contributed by atoms with Gasteiger partial charge >= 0.3 is 5.97 Å². The second-order valence-electron chi connectivity index (χ2n) is 4.34. The van der Waals surface area contributed by atoms with Crippen LogP contribution in [-0.4, -0.2) is 38.4 Å². The molecule has 0 unspecified atom stereocenters. The number of rotatable bonds is 7. The minimum atomic E-state index is -0.840. The molecule has 0 aliphatic heterocycles. The quantitative estimate of drug-likeness (QED) is 0.440. The van der Waals surface area contributed by atoms with E-state index in [1.165, 1.54) is 33.3 Å². The molecule has 128 valence electrons. The van der Waals surface area contributed by atoms with Gasteiger partial charge in [-0.1, -0.05) is 0 Å². The first-order valence-corrected chi connectivity index (χ1v) is 6.91. The van der Waals surface area contributed by atoms with Crippen LogP contribution in [0.5, 0.6) is 11.5 Å². The van der Waals surface area contributed by atoms with Crippen LogP contribution in [0.2, 0.25) is 0 Å². The summed E-state index contributed by atoms with van der Waals surface area (Å²) in [6.07, 6.45) is 0. The molecule has 1 rings (SSSR count). The van der Waals surface area contributed by atoms with Crippen LogP contribution in [0.4, 0.5) is 11.4 Å². The molecule has 1 aromatic rings. The lowest BCUT2D eigenvalue weighted by Gasteiger charge is -2.14. The second-order valence-corrected chi connectivity index (χ2v) is 4.34. The molecule has 24 heavy (non-hydrogen) atoms. The standard InChI is InChI=1S/C15H18N4O5/c1-5-24-15(21)12(8-16)19-18-11-7-13(22-3)10(17-9(2)20)6-14(11)23-4/h6-7,18H,5H2,1-4H3,(H,17,20). The number of esters is 1. The number of nitrogens with zero attached hydrogens (tertiary/aromatic N) is 2. The summed E-state index contributed by atoms with van der Waals surface area (Å²) in [5, 5.41) is 15.3. The van der Waals surface area contributed by atoms with E-state index in [1.807, 2.05) is 0 Å². The van der Waals surface area contributed by atoms with E-state index in [1.54, 1.807) is 13.0 Å². The van der Waals surface area contributed by atoms with Crippen molar-refractivity contribution < 1.29 is 23.8 Å². The normalized spacial score (nSPS) is 10.4. The van der Waals surface area contributed by atoms with Gasteiger partial charge in [0.05, 0.1) is 26.5 Å². The zero-order chi connectivity index (χ0) is 18.1. The third-order valence-electron chi connectivity index (χ3n) is 2.70. The molecule has 0 atom stereocenters. The van der Waals surface area contributed by atoms with Gasteiger partial charge in [-0.3, -0.25) is 10.2 Å². The van der Waals surface area contributed by atoms with E-state index in [4.69, 9.17) is 19.5 Å². The maximum atomic E-state index is 11.5. The average Bonchev–Trinajstić information content (AvgIpc) is 2.55. The second kappa shape index (κ2) is 8.99. The van der Waals surface area contributed by atoms with Crippen LogP contribution in [-0.2, 0) is 14.3 Å². The van der Waals surface area contributed by atoms with Crippen molar-refractivity contribution in [3.63, 3.8) is 0 Å². The van der Waals surface area contributed by atoms with Gasteiger partial charge in [-0.05, 0) is 6.92 Å². The van der Waals surface area contributed by atoms with Crippen LogP contribution < -0.4 is 20.2 Å². The van der Waals surface area contributed by atoms with Crippen LogP contribution >= 0.6 is 0 Å². The average molecular weight is 334 g/mol. The minimum Gasteiger partial charge on any atom is -0.494 e. The van der Waals surface area contributed by atoms with Gasteiger partial charge in [-0.15, -0.1) is 0 Å². The molecule has 1 aromatic carbocycles. The lowest BCUT2D eigenvalue weighted by atomic mass is 10.2. The van der Waals surface area contributed by atoms with Gasteiger partial charge in [0.1, 0.15) is 23.3 Å². The predicted octanol–water partition coefficient (Wildman–Crippen LogP) is 1.52. The molecule has 0 saturated carbocycles. The van der Waals surface area contributed by atoms with Crippen molar-refractivity contribution in [3.05, 3.63) is 12.1 Å². The third kappa shape index (κ3) is 4.88. The highest BCUT2D eigenvalue weighted by Crippen LogP contribution is 2.36. The molecule has 9 nitrogen and oxygen atoms in total. The minimum absolute atomic E-state index is 0.127. The highest BCUT2D eigenvalue weighted by molar-refractivity contribution is 6.43. The summed E-state index contributed by atoms with van der Waals surface area (Å²) in [6, 6.07) is 4.67. The van der Waals surface area contributed by atoms with Gasteiger partial charge in [-0.2, -0.15) is 10.4 Å². The molecular formula is C15H18N4O5. The van der Waals surface area contributed by atoms with E-state index in [-0.39, 0.29) is 12.5 Å². The monoisotopic (exact) mass is 334 g/mol. The number of hydrogen-bond acceptors (Lipinski definition) is 8. The molecular weight excluding hydrogens is 316 g/mol. The van der Waals surface area contributed by atoms with Gasteiger partial charge in [0.25, 0.3) is 0 Å². The molecule has 0 radical (unpaired) electrons. The molecule has 0 aliphatic carbocycles. The van der Waals surface area contributed by atoms with Crippen LogP contribution in [0, 0.1) is 11.3 Å². The number of methoxy groups -OCH3 is 2. The van der Waals surface area contributed by atoms with Crippen LogP contribution in [0.3, 0.4) is 0 Å². The first kappa shape index (κ1) is 18.8. The number of carbonyl (C=O) groups is 2. The van der Waals surface area contributed by atoms with Gasteiger partial charge in [0.15, 0.2) is 0 Å². The fourth-order valence-corrected chi connectivity index (χ4v) is 1.70. The summed E-state index contributed by atoms with van der Waals surface area (Å²) < 4.78 is 15.1. The first-order chi connectivity index (χ1) is 11.5. The van der Waals surface area contributed by atoms with Crippen molar-refractivity contribution in [3.8, 4) is 17.6 Å².